The molecule has 0 saturated carbocycles. The molecule has 0 aliphatic rings. The first-order valence-electron chi connectivity index (χ1n) is 6.68. The minimum absolute atomic E-state index is 0.0878. The van der Waals surface area contributed by atoms with Crippen LogP contribution in [0.25, 0.3) is 0 Å². The highest BCUT2D eigenvalue weighted by molar-refractivity contribution is 7.80. The fourth-order valence-corrected chi connectivity index (χ4v) is 2.47. The van der Waals surface area contributed by atoms with E-state index in [1.807, 2.05) is 6.07 Å². The zero-order valence-corrected chi connectivity index (χ0v) is 13.3. The quantitative estimate of drug-likeness (QED) is 0.706. The van der Waals surface area contributed by atoms with Crippen LogP contribution in [0.1, 0.15) is 17.2 Å². The lowest BCUT2D eigenvalue weighted by molar-refractivity contribution is 0.104. The number of hydrogen-bond donors (Lipinski definition) is 1. The Kier molecular flexibility index (Phi) is 7.69. The highest BCUT2D eigenvalue weighted by Gasteiger charge is 2.22. The maximum absolute atomic E-state index is 5.97. The molecule has 1 atom stereocenters. The molecule has 1 unspecified atom stereocenters. The minimum Gasteiger partial charge on any atom is -0.392 e. The van der Waals surface area contributed by atoms with Gasteiger partial charge in [-0.2, -0.15) is 0 Å². The Balaban J connectivity index is 2.97. The Hall–Kier alpha value is -1.01. The van der Waals surface area contributed by atoms with Crippen molar-refractivity contribution in [2.24, 2.45) is 5.73 Å². The zero-order valence-electron chi connectivity index (χ0n) is 12.5. The average Bonchev–Trinajstić information content (AvgIpc) is 2.41. The molecule has 20 heavy (non-hydrogen) atoms. The van der Waals surface area contributed by atoms with E-state index < -0.39 is 0 Å². The fourth-order valence-electron chi connectivity index (χ4n) is 2.18. The minimum atomic E-state index is -0.0878. The summed E-state index contributed by atoms with van der Waals surface area (Å²) in [5, 5.41) is 0. The van der Waals surface area contributed by atoms with E-state index >= 15 is 0 Å². The Labute approximate surface area is 126 Å². The molecule has 0 aliphatic heterocycles. The molecule has 2 N–H and O–H groups in total. The number of benzene rings is 1. The van der Waals surface area contributed by atoms with Crippen molar-refractivity contribution in [1.82, 2.24) is 4.90 Å². The molecule has 0 amide bonds. The van der Waals surface area contributed by atoms with E-state index in [1.165, 1.54) is 5.56 Å². The van der Waals surface area contributed by atoms with Gasteiger partial charge in [0, 0.05) is 27.3 Å². The molecule has 1 aromatic rings. The second-order valence-corrected chi connectivity index (χ2v) is 5.21. The number of ether oxygens (including phenoxy) is 2. The third kappa shape index (κ3) is 5.17. The molecular formula is C15H24N2O2S. The fraction of sp³-hybridized carbons (Fsp3) is 0.533. The maximum atomic E-state index is 5.97. The standard InChI is InChI=1S/C15H24N2O2S/c1-12-5-4-6-13(11-12)14(15(16)20)17(7-9-18-2)8-10-19-3/h4-6,11,14H,7-10H2,1-3H3,(H2,16,20). The van der Waals surface area contributed by atoms with Gasteiger partial charge < -0.3 is 15.2 Å². The van der Waals surface area contributed by atoms with Crippen LogP contribution in [0.3, 0.4) is 0 Å². The number of nitrogens with two attached hydrogens (primary N) is 1. The van der Waals surface area contributed by atoms with Crippen molar-refractivity contribution in [3.63, 3.8) is 0 Å². The van der Waals surface area contributed by atoms with Crippen LogP contribution in [0.4, 0.5) is 0 Å². The van der Waals surface area contributed by atoms with Gasteiger partial charge in [0.1, 0.15) is 0 Å². The first-order chi connectivity index (χ1) is 9.60. The molecule has 0 aromatic heterocycles. The smallest absolute Gasteiger partial charge is 0.0948 e. The van der Waals surface area contributed by atoms with Crippen LogP contribution in [-0.4, -0.2) is 50.4 Å². The van der Waals surface area contributed by atoms with Gasteiger partial charge in [-0.05, 0) is 12.5 Å². The number of rotatable bonds is 9. The van der Waals surface area contributed by atoms with Crippen LogP contribution in [-0.2, 0) is 9.47 Å². The van der Waals surface area contributed by atoms with Crippen LogP contribution >= 0.6 is 12.2 Å². The summed E-state index contributed by atoms with van der Waals surface area (Å²) in [5.41, 5.74) is 8.28. The summed E-state index contributed by atoms with van der Waals surface area (Å²) in [7, 11) is 3.38. The molecule has 0 bridgehead atoms. The highest BCUT2D eigenvalue weighted by Crippen LogP contribution is 2.22. The Morgan fingerprint density at radius 2 is 1.85 bits per heavy atom. The van der Waals surface area contributed by atoms with Gasteiger partial charge in [-0.3, -0.25) is 4.90 Å². The van der Waals surface area contributed by atoms with Gasteiger partial charge in [-0.1, -0.05) is 42.0 Å². The van der Waals surface area contributed by atoms with Crippen molar-refractivity contribution in [2.75, 3.05) is 40.5 Å². The van der Waals surface area contributed by atoms with Crippen LogP contribution in [0.15, 0.2) is 24.3 Å². The van der Waals surface area contributed by atoms with Crippen LogP contribution < -0.4 is 5.73 Å². The summed E-state index contributed by atoms with van der Waals surface area (Å²) < 4.78 is 10.4. The summed E-state index contributed by atoms with van der Waals surface area (Å²) in [6, 6.07) is 8.19. The van der Waals surface area contributed by atoms with Gasteiger partial charge in [0.05, 0.1) is 24.2 Å². The van der Waals surface area contributed by atoms with Crippen molar-refractivity contribution in [2.45, 2.75) is 13.0 Å². The number of thiocarbonyl (C=S) groups is 1. The van der Waals surface area contributed by atoms with Crippen molar-refractivity contribution in [3.8, 4) is 0 Å². The molecule has 4 nitrogen and oxygen atoms in total. The first kappa shape index (κ1) is 17.0. The van der Waals surface area contributed by atoms with E-state index in [0.717, 1.165) is 18.7 Å². The number of hydrogen-bond acceptors (Lipinski definition) is 4. The van der Waals surface area contributed by atoms with Crippen LogP contribution in [0, 0.1) is 6.92 Å². The first-order valence-corrected chi connectivity index (χ1v) is 7.08. The van der Waals surface area contributed by atoms with Crippen molar-refractivity contribution < 1.29 is 9.47 Å². The molecule has 5 heteroatoms. The zero-order chi connectivity index (χ0) is 15.0. The number of methoxy groups -OCH3 is 2. The summed E-state index contributed by atoms with van der Waals surface area (Å²) in [5.74, 6) is 0. The van der Waals surface area contributed by atoms with Gasteiger partial charge in [0.15, 0.2) is 0 Å². The number of nitrogens with zero attached hydrogens (tertiary/aromatic N) is 1. The second-order valence-electron chi connectivity index (χ2n) is 4.74. The highest BCUT2D eigenvalue weighted by atomic mass is 32.1. The van der Waals surface area contributed by atoms with E-state index in [2.05, 4.69) is 30.0 Å². The summed E-state index contributed by atoms with van der Waals surface area (Å²) in [6.07, 6.45) is 0. The lowest BCUT2D eigenvalue weighted by Crippen LogP contribution is -2.40. The molecule has 0 spiro atoms. The molecule has 112 valence electrons. The van der Waals surface area contributed by atoms with Gasteiger partial charge in [0.2, 0.25) is 0 Å². The SMILES string of the molecule is COCCN(CCOC)C(C(N)=S)c1cccc(C)c1. The van der Waals surface area contributed by atoms with E-state index in [-0.39, 0.29) is 6.04 Å². The predicted octanol–water partition coefficient (Wildman–Crippen LogP) is 1.92. The summed E-state index contributed by atoms with van der Waals surface area (Å²) >= 11 is 5.27. The number of aryl methyl sites for hydroxylation is 1. The van der Waals surface area contributed by atoms with Gasteiger partial charge in [-0.15, -0.1) is 0 Å². The van der Waals surface area contributed by atoms with Crippen molar-refractivity contribution in [3.05, 3.63) is 35.4 Å². The topological polar surface area (TPSA) is 47.7 Å². The third-order valence-electron chi connectivity index (χ3n) is 3.16. The maximum Gasteiger partial charge on any atom is 0.0948 e. The Bertz CT molecular complexity index is 418. The monoisotopic (exact) mass is 296 g/mol. The predicted molar refractivity (Wildman–Crippen MR) is 86.0 cm³/mol. The van der Waals surface area contributed by atoms with Crippen molar-refractivity contribution in [1.29, 1.82) is 0 Å². The van der Waals surface area contributed by atoms with E-state index in [0.29, 0.717) is 18.2 Å². The lowest BCUT2D eigenvalue weighted by atomic mass is 10.0. The molecule has 1 aromatic carbocycles. The van der Waals surface area contributed by atoms with Crippen molar-refractivity contribution >= 4 is 17.2 Å². The summed E-state index contributed by atoms with van der Waals surface area (Å²) in [6.45, 7) is 4.85. The van der Waals surface area contributed by atoms with E-state index in [4.69, 9.17) is 27.4 Å². The third-order valence-corrected chi connectivity index (χ3v) is 3.38. The molecule has 0 heterocycles. The van der Waals surface area contributed by atoms with Gasteiger partial charge in [-0.25, -0.2) is 0 Å². The Morgan fingerprint density at radius 1 is 1.25 bits per heavy atom. The van der Waals surface area contributed by atoms with Gasteiger partial charge in [0.25, 0.3) is 0 Å². The normalized spacial score (nSPS) is 12.6. The average molecular weight is 296 g/mol. The van der Waals surface area contributed by atoms with Gasteiger partial charge >= 0.3 is 0 Å². The van der Waals surface area contributed by atoms with E-state index in [1.54, 1.807) is 14.2 Å². The molecule has 0 saturated heterocycles. The molecular weight excluding hydrogens is 272 g/mol. The molecule has 1 rings (SSSR count). The summed E-state index contributed by atoms with van der Waals surface area (Å²) in [4.78, 5) is 2.67. The molecule has 0 radical (unpaired) electrons. The van der Waals surface area contributed by atoms with Crippen LogP contribution in [0.5, 0.6) is 0 Å². The lowest BCUT2D eigenvalue weighted by Gasteiger charge is -2.31. The van der Waals surface area contributed by atoms with Crippen LogP contribution in [0.2, 0.25) is 0 Å². The Morgan fingerprint density at radius 3 is 2.30 bits per heavy atom. The largest absolute Gasteiger partial charge is 0.392 e. The van der Waals surface area contributed by atoms with E-state index in [9.17, 15) is 0 Å². The second kappa shape index (κ2) is 9.02. The molecule has 0 fully saturated rings. The molecule has 0 aliphatic carbocycles.